The Hall–Kier alpha value is -1.54. The summed E-state index contributed by atoms with van der Waals surface area (Å²) < 4.78 is 12.3. The molecule has 1 aliphatic carbocycles. The third-order valence-electron chi connectivity index (χ3n) is 5.29. The highest BCUT2D eigenvalue weighted by Gasteiger charge is 2.68. The van der Waals surface area contributed by atoms with E-state index in [0.717, 1.165) is 0 Å². The highest BCUT2D eigenvalue weighted by atomic mass is 79.9. The molecule has 1 saturated carbocycles. The number of amides is 2. The summed E-state index contributed by atoms with van der Waals surface area (Å²) in [4.78, 5) is 25.7. The van der Waals surface area contributed by atoms with E-state index in [0.29, 0.717) is 31.5 Å². The fraction of sp³-hybridized carbons (Fsp3) is 0.130. The summed E-state index contributed by atoms with van der Waals surface area (Å²) in [5, 5.41) is 6.27. The van der Waals surface area contributed by atoms with E-state index in [-0.39, 0.29) is 10.6 Å². The molecule has 2 N–H and O–H groups in total. The minimum Gasteiger partial charge on any atom is -0.326 e. The zero-order valence-corrected chi connectivity index (χ0v) is 22.2. The number of nitrogens with one attached hydrogen (secondary N) is 2. The number of benzene rings is 3. The molecule has 4 rings (SSSR count). The summed E-state index contributed by atoms with van der Waals surface area (Å²) in [6, 6.07) is 12.9. The normalized spacial score (nSPS) is 18.3. The van der Waals surface area contributed by atoms with Crippen LogP contribution in [-0.2, 0) is 4.79 Å². The van der Waals surface area contributed by atoms with Gasteiger partial charge in [-0.25, -0.2) is 4.39 Å². The first-order chi connectivity index (χ1) is 16.0. The predicted molar refractivity (Wildman–Crippen MR) is 139 cm³/mol. The summed E-state index contributed by atoms with van der Waals surface area (Å²) in [6.45, 7) is 0. The van der Waals surface area contributed by atoms with Crippen LogP contribution in [0.4, 0.5) is 15.8 Å². The van der Waals surface area contributed by atoms with E-state index in [9.17, 15) is 14.0 Å². The number of halogens is 7. The van der Waals surface area contributed by atoms with Gasteiger partial charge in [0.25, 0.3) is 5.91 Å². The van der Waals surface area contributed by atoms with Gasteiger partial charge in [-0.2, -0.15) is 0 Å². The topological polar surface area (TPSA) is 58.2 Å². The highest BCUT2D eigenvalue weighted by Crippen LogP contribution is 2.66. The van der Waals surface area contributed by atoms with Crippen LogP contribution < -0.4 is 10.6 Å². The number of alkyl halides is 2. The molecule has 0 bridgehead atoms. The summed E-state index contributed by atoms with van der Waals surface area (Å²) in [5.74, 6) is -2.77. The highest BCUT2D eigenvalue weighted by molar-refractivity contribution is 9.10. The van der Waals surface area contributed by atoms with Crippen molar-refractivity contribution in [3.8, 4) is 0 Å². The second kappa shape index (κ2) is 9.84. The Morgan fingerprint density at radius 2 is 1.50 bits per heavy atom. The quantitative estimate of drug-likeness (QED) is 0.221. The van der Waals surface area contributed by atoms with Gasteiger partial charge in [0.05, 0.1) is 21.5 Å². The lowest BCUT2D eigenvalue weighted by atomic mass is 10.1. The van der Waals surface area contributed by atoms with E-state index in [4.69, 9.17) is 58.0 Å². The van der Waals surface area contributed by atoms with E-state index >= 15 is 0 Å². The molecule has 3 aromatic rings. The summed E-state index contributed by atoms with van der Waals surface area (Å²) in [5.41, 5.74) is 1.40. The third kappa shape index (κ3) is 5.18. The van der Waals surface area contributed by atoms with Gasteiger partial charge in [0.1, 0.15) is 10.2 Å². The van der Waals surface area contributed by atoms with Crippen LogP contribution >= 0.6 is 73.9 Å². The lowest BCUT2D eigenvalue weighted by Gasteiger charge is -2.10. The van der Waals surface area contributed by atoms with Crippen molar-refractivity contribution >= 4 is 97.1 Å². The molecule has 4 nitrogen and oxygen atoms in total. The van der Waals surface area contributed by atoms with Crippen LogP contribution in [0.25, 0.3) is 0 Å². The molecular formula is C23H13BrCl5FN2O2. The standard InChI is InChI=1S/C23H13BrCl5FN2O2/c24-15-8-13(17(26)9-18(15)27)19-20(23(19,28)29)22(34)32-12-5-6-16(25)14(7-12)21(33)31-11-3-1-10(30)2-4-11/h1-9,19-20H,(H,31,33)(H,32,34). The molecule has 1 aliphatic rings. The summed E-state index contributed by atoms with van der Waals surface area (Å²) in [6.07, 6.45) is 0. The molecule has 0 heterocycles. The fourth-order valence-electron chi connectivity index (χ4n) is 3.54. The van der Waals surface area contributed by atoms with Crippen molar-refractivity contribution in [1.82, 2.24) is 0 Å². The minimum atomic E-state index is -1.38. The van der Waals surface area contributed by atoms with Gasteiger partial charge in [0.2, 0.25) is 5.91 Å². The van der Waals surface area contributed by atoms with E-state index in [1.54, 1.807) is 18.2 Å². The zero-order chi connectivity index (χ0) is 24.8. The first-order valence-corrected chi connectivity index (χ1v) is 12.4. The van der Waals surface area contributed by atoms with Gasteiger partial charge < -0.3 is 10.6 Å². The second-order valence-corrected chi connectivity index (χ2v) is 11.1. The zero-order valence-electron chi connectivity index (χ0n) is 16.8. The maximum absolute atomic E-state index is 13.1. The predicted octanol–water partition coefficient (Wildman–Crippen LogP) is 8.33. The molecule has 2 atom stereocenters. The Morgan fingerprint density at radius 3 is 2.18 bits per heavy atom. The second-order valence-electron chi connectivity index (χ2n) is 7.56. The first-order valence-electron chi connectivity index (χ1n) is 9.68. The summed E-state index contributed by atoms with van der Waals surface area (Å²) >= 11 is 34.7. The van der Waals surface area contributed by atoms with Gasteiger partial charge in [0, 0.05) is 26.8 Å². The lowest BCUT2D eigenvalue weighted by Crippen LogP contribution is -2.18. The molecule has 34 heavy (non-hydrogen) atoms. The van der Waals surface area contributed by atoms with Gasteiger partial charge >= 0.3 is 0 Å². The molecule has 2 unspecified atom stereocenters. The Labute approximate surface area is 227 Å². The smallest absolute Gasteiger partial charge is 0.257 e. The van der Waals surface area contributed by atoms with Gasteiger partial charge in [-0.1, -0.05) is 34.8 Å². The molecule has 2 amide bonds. The monoisotopic (exact) mass is 622 g/mol. The molecular weight excluding hydrogens is 612 g/mol. The van der Waals surface area contributed by atoms with Gasteiger partial charge in [-0.05, 0) is 76.1 Å². The van der Waals surface area contributed by atoms with Crippen molar-refractivity contribution in [1.29, 1.82) is 0 Å². The van der Waals surface area contributed by atoms with E-state index in [1.165, 1.54) is 36.4 Å². The maximum Gasteiger partial charge on any atom is 0.257 e. The van der Waals surface area contributed by atoms with Crippen LogP contribution in [0.3, 0.4) is 0 Å². The number of anilines is 2. The molecule has 3 aromatic carbocycles. The van der Waals surface area contributed by atoms with Crippen LogP contribution in [0, 0.1) is 11.7 Å². The van der Waals surface area contributed by atoms with Crippen LogP contribution in [0.5, 0.6) is 0 Å². The molecule has 0 spiro atoms. The molecule has 0 aromatic heterocycles. The van der Waals surface area contributed by atoms with Crippen molar-refractivity contribution in [2.45, 2.75) is 10.3 Å². The summed E-state index contributed by atoms with van der Waals surface area (Å²) in [7, 11) is 0. The van der Waals surface area contributed by atoms with Gasteiger partial charge in [-0.15, -0.1) is 23.2 Å². The third-order valence-corrected chi connectivity index (χ3v) is 8.09. The average molecular weight is 626 g/mol. The molecule has 0 aliphatic heterocycles. The van der Waals surface area contributed by atoms with Gasteiger partial charge in [0.15, 0.2) is 0 Å². The van der Waals surface area contributed by atoms with Crippen molar-refractivity contribution in [3.63, 3.8) is 0 Å². The minimum absolute atomic E-state index is 0.115. The molecule has 0 radical (unpaired) electrons. The van der Waals surface area contributed by atoms with Crippen LogP contribution in [-0.4, -0.2) is 16.1 Å². The van der Waals surface area contributed by atoms with E-state index in [1.807, 2.05) is 0 Å². The maximum atomic E-state index is 13.1. The van der Waals surface area contributed by atoms with Crippen LogP contribution in [0.15, 0.2) is 59.1 Å². The number of hydrogen-bond acceptors (Lipinski definition) is 2. The van der Waals surface area contributed by atoms with E-state index < -0.39 is 33.8 Å². The SMILES string of the molecule is O=C(Nc1ccc(F)cc1)c1cc(NC(=O)C2C(c3cc(Br)c(Cl)cc3Cl)C2(Cl)Cl)ccc1Cl. The number of carbonyl (C=O) groups excluding carboxylic acids is 2. The van der Waals surface area contributed by atoms with Crippen molar-refractivity contribution in [2.24, 2.45) is 5.92 Å². The van der Waals surface area contributed by atoms with Crippen molar-refractivity contribution in [3.05, 3.63) is 91.1 Å². The Morgan fingerprint density at radius 1 is 0.853 bits per heavy atom. The molecule has 1 fully saturated rings. The van der Waals surface area contributed by atoms with Crippen LogP contribution in [0.1, 0.15) is 21.8 Å². The lowest BCUT2D eigenvalue weighted by molar-refractivity contribution is -0.117. The fourth-order valence-corrected chi connectivity index (χ4v) is 5.42. The van der Waals surface area contributed by atoms with Crippen molar-refractivity contribution < 1.29 is 14.0 Å². The first kappa shape index (κ1) is 25.5. The van der Waals surface area contributed by atoms with Crippen LogP contribution in [0.2, 0.25) is 15.1 Å². The van der Waals surface area contributed by atoms with Gasteiger partial charge in [-0.3, -0.25) is 9.59 Å². The van der Waals surface area contributed by atoms with Crippen molar-refractivity contribution in [2.75, 3.05) is 10.6 Å². The number of rotatable bonds is 5. The molecule has 11 heteroatoms. The Bertz CT molecular complexity index is 1300. The average Bonchev–Trinajstić information content (AvgIpc) is 3.35. The number of hydrogen-bond donors (Lipinski definition) is 2. The Balaban J connectivity index is 1.52. The molecule has 176 valence electrons. The van der Waals surface area contributed by atoms with E-state index in [2.05, 4.69) is 26.6 Å². The Kier molecular flexibility index (Phi) is 7.40. The number of carbonyl (C=O) groups is 2. The molecule has 0 saturated heterocycles. The largest absolute Gasteiger partial charge is 0.326 e.